The highest BCUT2D eigenvalue weighted by atomic mass is 35.5. The summed E-state index contributed by atoms with van der Waals surface area (Å²) in [5.41, 5.74) is 2.03. The topological polar surface area (TPSA) is 86.8 Å². The van der Waals surface area contributed by atoms with Crippen molar-refractivity contribution in [1.82, 2.24) is 10.2 Å². The monoisotopic (exact) mass is 581 g/mol. The van der Waals surface area contributed by atoms with Gasteiger partial charge in [0.2, 0.25) is 21.8 Å². The van der Waals surface area contributed by atoms with Crippen LogP contribution in [-0.4, -0.2) is 50.0 Å². The molecule has 0 radical (unpaired) electrons. The predicted molar refractivity (Wildman–Crippen MR) is 160 cm³/mol. The predicted octanol–water partition coefficient (Wildman–Crippen LogP) is 5.20. The van der Waals surface area contributed by atoms with Crippen molar-refractivity contribution < 1.29 is 18.0 Å². The lowest BCUT2D eigenvalue weighted by molar-refractivity contribution is -0.140. The van der Waals surface area contributed by atoms with Crippen molar-refractivity contribution in [2.45, 2.75) is 57.2 Å². The molecule has 0 aromatic heterocycles. The van der Waals surface area contributed by atoms with Crippen molar-refractivity contribution in [3.8, 4) is 0 Å². The molecule has 1 N–H and O–H groups in total. The van der Waals surface area contributed by atoms with Crippen LogP contribution in [0.2, 0.25) is 5.02 Å². The molecule has 212 valence electrons. The van der Waals surface area contributed by atoms with Crippen LogP contribution in [0.5, 0.6) is 0 Å². The molecule has 1 atom stereocenters. The Labute approximate surface area is 242 Å². The zero-order valence-corrected chi connectivity index (χ0v) is 24.3. The van der Waals surface area contributed by atoms with Gasteiger partial charge < -0.3 is 10.2 Å². The number of hydrogen-bond donors (Lipinski definition) is 1. The van der Waals surface area contributed by atoms with E-state index in [-0.39, 0.29) is 24.9 Å². The Morgan fingerprint density at radius 1 is 0.900 bits per heavy atom. The number of hydrogen-bond acceptors (Lipinski definition) is 4. The maximum atomic E-state index is 14.1. The molecule has 0 unspecified atom stereocenters. The number of benzene rings is 3. The van der Waals surface area contributed by atoms with Crippen LogP contribution in [0.15, 0.2) is 84.9 Å². The lowest BCUT2D eigenvalue weighted by Crippen LogP contribution is -2.55. The van der Waals surface area contributed by atoms with Gasteiger partial charge >= 0.3 is 0 Å². The number of halogens is 1. The van der Waals surface area contributed by atoms with E-state index in [1.807, 2.05) is 36.4 Å². The Morgan fingerprint density at radius 2 is 1.52 bits per heavy atom. The van der Waals surface area contributed by atoms with Gasteiger partial charge in [-0.05, 0) is 48.2 Å². The molecule has 0 heterocycles. The Balaban J connectivity index is 1.71. The minimum atomic E-state index is -3.79. The zero-order valence-electron chi connectivity index (χ0n) is 22.7. The number of rotatable bonds is 11. The van der Waals surface area contributed by atoms with E-state index in [2.05, 4.69) is 5.32 Å². The quantitative estimate of drug-likeness (QED) is 0.337. The van der Waals surface area contributed by atoms with Gasteiger partial charge in [0.1, 0.15) is 12.6 Å². The van der Waals surface area contributed by atoms with E-state index in [0.29, 0.717) is 10.7 Å². The number of amides is 2. The molecule has 1 aliphatic carbocycles. The van der Waals surface area contributed by atoms with Crippen molar-refractivity contribution in [1.29, 1.82) is 0 Å². The van der Waals surface area contributed by atoms with E-state index in [1.54, 1.807) is 48.5 Å². The summed E-state index contributed by atoms with van der Waals surface area (Å²) >= 11 is 6.26. The normalized spacial score (nSPS) is 14.8. The Bertz CT molecular complexity index is 1380. The molecule has 0 aliphatic heterocycles. The fraction of sp³-hybridized carbons (Fsp3) is 0.355. The average molecular weight is 582 g/mol. The number of carbonyl (C=O) groups is 2. The van der Waals surface area contributed by atoms with Crippen molar-refractivity contribution in [3.63, 3.8) is 0 Å². The lowest BCUT2D eigenvalue weighted by atomic mass is 9.94. The van der Waals surface area contributed by atoms with Crippen LogP contribution in [0.25, 0.3) is 0 Å². The second-order valence-corrected chi connectivity index (χ2v) is 12.6. The van der Waals surface area contributed by atoms with Gasteiger partial charge in [0.05, 0.1) is 11.9 Å². The minimum absolute atomic E-state index is 0.0551. The van der Waals surface area contributed by atoms with Crippen LogP contribution < -0.4 is 9.62 Å². The molecule has 3 aromatic carbocycles. The SMILES string of the molecule is CS(=O)(=O)N(CC(=O)N(Cc1cccc(Cl)c1)[C@H](Cc1ccccc1)C(=O)NC1CCCCC1)c1ccccc1. The van der Waals surface area contributed by atoms with Crippen LogP contribution in [0.1, 0.15) is 43.2 Å². The van der Waals surface area contributed by atoms with Crippen LogP contribution in [0.4, 0.5) is 5.69 Å². The van der Waals surface area contributed by atoms with E-state index < -0.39 is 28.5 Å². The summed E-state index contributed by atoms with van der Waals surface area (Å²) in [5.74, 6) is -0.717. The third-order valence-electron chi connectivity index (χ3n) is 7.19. The first-order valence-corrected chi connectivity index (χ1v) is 15.8. The highest BCUT2D eigenvalue weighted by molar-refractivity contribution is 7.92. The first kappa shape index (κ1) is 29.6. The van der Waals surface area contributed by atoms with E-state index >= 15 is 0 Å². The summed E-state index contributed by atoms with van der Waals surface area (Å²) in [6.45, 7) is -0.340. The summed E-state index contributed by atoms with van der Waals surface area (Å²) in [6, 6.07) is 24.4. The van der Waals surface area contributed by atoms with Gasteiger partial charge in [0.15, 0.2) is 0 Å². The molecule has 7 nitrogen and oxygen atoms in total. The first-order chi connectivity index (χ1) is 19.2. The van der Waals surface area contributed by atoms with Gasteiger partial charge in [-0.3, -0.25) is 13.9 Å². The number of carbonyl (C=O) groups excluding carboxylic acids is 2. The Kier molecular flexibility index (Phi) is 10.2. The maximum Gasteiger partial charge on any atom is 0.244 e. The van der Waals surface area contributed by atoms with Crippen LogP contribution in [0, 0.1) is 0 Å². The average Bonchev–Trinajstić information content (AvgIpc) is 2.94. The maximum absolute atomic E-state index is 14.1. The van der Waals surface area contributed by atoms with E-state index in [0.717, 1.165) is 53.8 Å². The first-order valence-electron chi connectivity index (χ1n) is 13.6. The summed E-state index contributed by atoms with van der Waals surface area (Å²) in [4.78, 5) is 29.5. The number of anilines is 1. The molecule has 0 bridgehead atoms. The van der Waals surface area contributed by atoms with Crippen molar-refractivity contribution >= 4 is 39.1 Å². The smallest absolute Gasteiger partial charge is 0.244 e. The highest BCUT2D eigenvalue weighted by Gasteiger charge is 2.34. The van der Waals surface area contributed by atoms with Crippen molar-refractivity contribution in [2.75, 3.05) is 17.1 Å². The second-order valence-electron chi connectivity index (χ2n) is 10.3. The van der Waals surface area contributed by atoms with Crippen molar-refractivity contribution in [2.24, 2.45) is 0 Å². The third kappa shape index (κ3) is 8.32. The summed E-state index contributed by atoms with van der Waals surface area (Å²) in [6.07, 6.45) is 6.44. The molecule has 1 fully saturated rings. The van der Waals surface area contributed by atoms with E-state index in [9.17, 15) is 18.0 Å². The van der Waals surface area contributed by atoms with Gasteiger partial charge in [0, 0.05) is 24.0 Å². The molecule has 0 spiro atoms. The van der Waals surface area contributed by atoms with Gasteiger partial charge in [-0.25, -0.2) is 8.42 Å². The van der Waals surface area contributed by atoms with Crippen LogP contribution >= 0.6 is 11.6 Å². The minimum Gasteiger partial charge on any atom is -0.352 e. The number of nitrogens with one attached hydrogen (secondary N) is 1. The highest BCUT2D eigenvalue weighted by Crippen LogP contribution is 2.22. The zero-order chi connectivity index (χ0) is 28.5. The summed E-state index contributed by atoms with van der Waals surface area (Å²) < 4.78 is 26.7. The van der Waals surface area contributed by atoms with Crippen LogP contribution in [0.3, 0.4) is 0 Å². The molecule has 4 rings (SSSR count). The number of sulfonamides is 1. The molecular weight excluding hydrogens is 546 g/mol. The van der Waals surface area contributed by atoms with E-state index in [1.165, 1.54) is 4.90 Å². The second kappa shape index (κ2) is 13.8. The van der Waals surface area contributed by atoms with Gasteiger partial charge in [-0.1, -0.05) is 91.5 Å². The fourth-order valence-electron chi connectivity index (χ4n) is 5.14. The van der Waals surface area contributed by atoms with Crippen LogP contribution in [-0.2, 0) is 32.6 Å². The lowest BCUT2D eigenvalue weighted by Gasteiger charge is -2.35. The van der Waals surface area contributed by atoms with Gasteiger partial charge in [-0.15, -0.1) is 0 Å². The summed E-state index contributed by atoms with van der Waals surface area (Å²) in [7, 11) is -3.79. The molecule has 40 heavy (non-hydrogen) atoms. The largest absolute Gasteiger partial charge is 0.352 e. The molecule has 2 amide bonds. The third-order valence-corrected chi connectivity index (χ3v) is 8.56. The molecular formula is C31H36ClN3O4S. The standard InChI is InChI=1S/C31H36ClN3O4S/c1-40(38,39)35(28-18-9-4-10-19-28)23-30(36)34(22-25-14-11-15-26(32)20-25)29(21-24-12-5-2-6-13-24)31(37)33-27-16-7-3-8-17-27/h2,4-6,9-15,18-20,27,29H,3,7-8,16-17,21-23H2,1H3,(H,33,37)/t29-/m1/s1. The van der Waals surface area contributed by atoms with E-state index in [4.69, 9.17) is 11.6 Å². The number of nitrogens with zero attached hydrogens (tertiary/aromatic N) is 2. The summed E-state index contributed by atoms with van der Waals surface area (Å²) in [5, 5.41) is 3.71. The molecule has 3 aromatic rings. The Hall–Kier alpha value is -3.36. The molecule has 9 heteroatoms. The Morgan fingerprint density at radius 3 is 2.15 bits per heavy atom. The van der Waals surface area contributed by atoms with Crippen molar-refractivity contribution in [3.05, 3.63) is 101 Å². The fourth-order valence-corrected chi connectivity index (χ4v) is 6.20. The van der Waals surface area contributed by atoms with Gasteiger partial charge in [0.25, 0.3) is 0 Å². The molecule has 1 aliphatic rings. The number of para-hydroxylation sites is 1. The van der Waals surface area contributed by atoms with Gasteiger partial charge in [-0.2, -0.15) is 0 Å². The molecule has 0 saturated heterocycles. The molecule has 1 saturated carbocycles.